The quantitative estimate of drug-likeness (QED) is 0.641. The highest BCUT2D eigenvalue weighted by molar-refractivity contribution is 8.00. The lowest BCUT2D eigenvalue weighted by Crippen LogP contribution is -2.14. The highest BCUT2D eigenvalue weighted by Gasteiger charge is 2.19. The molecule has 2 rings (SSSR count). The van der Waals surface area contributed by atoms with Gasteiger partial charge in [0.1, 0.15) is 10.8 Å². The number of aliphatic carboxylic acids is 1. The molecule has 1 aromatic heterocycles. The predicted octanol–water partition coefficient (Wildman–Crippen LogP) is 2.37. The second kappa shape index (κ2) is 4.67. The van der Waals surface area contributed by atoms with E-state index in [2.05, 4.69) is 4.98 Å². The van der Waals surface area contributed by atoms with Crippen molar-refractivity contribution >= 4 is 34.5 Å². The van der Waals surface area contributed by atoms with Crippen LogP contribution in [-0.2, 0) is 4.79 Å². The molecule has 6 heteroatoms. The molecule has 90 valence electrons. The summed E-state index contributed by atoms with van der Waals surface area (Å²) in [7, 11) is 0. The van der Waals surface area contributed by atoms with Crippen molar-refractivity contribution in [2.75, 3.05) is 5.73 Å². The molecule has 1 atom stereocenters. The van der Waals surface area contributed by atoms with Crippen LogP contribution in [0.25, 0.3) is 11.1 Å². The molecule has 0 spiro atoms. The van der Waals surface area contributed by atoms with Crippen molar-refractivity contribution in [3.05, 3.63) is 18.2 Å². The minimum Gasteiger partial charge on any atom is -0.480 e. The number of anilines is 1. The smallest absolute Gasteiger partial charge is 0.317 e. The van der Waals surface area contributed by atoms with E-state index >= 15 is 0 Å². The van der Waals surface area contributed by atoms with E-state index in [-0.39, 0.29) is 0 Å². The Morgan fingerprint density at radius 2 is 2.41 bits per heavy atom. The summed E-state index contributed by atoms with van der Waals surface area (Å²) in [6.07, 6.45) is 0.515. The molecule has 17 heavy (non-hydrogen) atoms. The van der Waals surface area contributed by atoms with Crippen LogP contribution in [0, 0.1) is 0 Å². The molecule has 2 aromatic rings. The first-order chi connectivity index (χ1) is 8.10. The highest BCUT2D eigenvalue weighted by atomic mass is 32.2. The number of rotatable bonds is 4. The number of aromatic nitrogens is 1. The number of carboxylic acid groups (broad SMARTS) is 1. The molecule has 0 saturated heterocycles. The molecular weight excluding hydrogens is 240 g/mol. The molecule has 1 heterocycles. The second-order valence-corrected chi connectivity index (χ2v) is 4.71. The van der Waals surface area contributed by atoms with Gasteiger partial charge in [-0.15, -0.1) is 0 Å². The van der Waals surface area contributed by atoms with Gasteiger partial charge in [-0.05, 0) is 18.6 Å². The van der Waals surface area contributed by atoms with Gasteiger partial charge in [0, 0.05) is 11.8 Å². The third-order valence-corrected chi connectivity index (χ3v) is 3.48. The molecule has 0 bridgehead atoms. The lowest BCUT2D eigenvalue weighted by molar-refractivity contribution is -0.136. The maximum absolute atomic E-state index is 10.9. The van der Waals surface area contributed by atoms with Crippen molar-refractivity contribution in [1.82, 2.24) is 4.98 Å². The van der Waals surface area contributed by atoms with Crippen LogP contribution in [0.1, 0.15) is 13.3 Å². The lowest BCUT2D eigenvalue weighted by Gasteiger charge is -2.04. The van der Waals surface area contributed by atoms with Gasteiger partial charge in [-0.25, -0.2) is 4.98 Å². The molecular formula is C11H12N2O3S. The third kappa shape index (κ3) is 2.52. The van der Waals surface area contributed by atoms with E-state index in [4.69, 9.17) is 15.3 Å². The zero-order valence-electron chi connectivity index (χ0n) is 9.21. The van der Waals surface area contributed by atoms with Crippen molar-refractivity contribution < 1.29 is 14.3 Å². The van der Waals surface area contributed by atoms with Gasteiger partial charge < -0.3 is 15.3 Å². The number of oxazole rings is 1. The van der Waals surface area contributed by atoms with Gasteiger partial charge >= 0.3 is 5.97 Å². The fraction of sp³-hybridized carbons (Fsp3) is 0.273. The highest BCUT2D eigenvalue weighted by Crippen LogP contribution is 2.29. The summed E-state index contributed by atoms with van der Waals surface area (Å²) in [5, 5.41) is 8.76. The van der Waals surface area contributed by atoms with Gasteiger partial charge in [0.25, 0.3) is 5.22 Å². The van der Waals surface area contributed by atoms with Crippen molar-refractivity contribution in [2.24, 2.45) is 0 Å². The fourth-order valence-corrected chi connectivity index (χ4v) is 2.20. The topological polar surface area (TPSA) is 89.4 Å². The Morgan fingerprint density at radius 1 is 1.65 bits per heavy atom. The van der Waals surface area contributed by atoms with Crippen LogP contribution >= 0.6 is 11.8 Å². The number of hydrogen-bond acceptors (Lipinski definition) is 5. The number of carboxylic acids is 1. The summed E-state index contributed by atoms with van der Waals surface area (Å²) in [4.78, 5) is 15.1. The van der Waals surface area contributed by atoms with Crippen LogP contribution in [0.2, 0.25) is 0 Å². The van der Waals surface area contributed by atoms with Gasteiger partial charge in [-0.2, -0.15) is 0 Å². The van der Waals surface area contributed by atoms with Crippen LogP contribution in [0.4, 0.5) is 5.69 Å². The van der Waals surface area contributed by atoms with E-state index in [9.17, 15) is 4.79 Å². The monoisotopic (exact) mass is 252 g/mol. The Balaban J connectivity index is 2.27. The average Bonchev–Trinajstić information content (AvgIpc) is 2.66. The van der Waals surface area contributed by atoms with Gasteiger partial charge in [0.2, 0.25) is 0 Å². The number of carbonyl (C=O) groups is 1. The van der Waals surface area contributed by atoms with Gasteiger partial charge in [-0.1, -0.05) is 18.7 Å². The Hall–Kier alpha value is -1.69. The SMILES string of the molecule is CCC(Sc1nc2ccc(N)cc2o1)C(=O)O. The number of hydrogen-bond donors (Lipinski definition) is 2. The Bertz CT molecular complexity index is 553. The van der Waals surface area contributed by atoms with Crippen LogP contribution in [0.15, 0.2) is 27.8 Å². The molecule has 0 fully saturated rings. The summed E-state index contributed by atoms with van der Waals surface area (Å²) in [5.74, 6) is -0.862. The Labute approximate surface area is 102 Å². The van der Waals surface area contributed by atoms with Crippen molar-refractivity contribution in [3.8, 4) is 0 Å². The molecule has 0 radical (unpaired) electrons. The Kier molecular flexibility index (Phi) is 3.23. The first-order valence-corrected chi connectivity index (χ1v) is 6.03. The van der Waals surface area contributed by atoms with E-state index in [1.165, 1.54) is 0 Å². The standard InChI is InChI=1S/C11H12N2O3S/c1-2-9(10(14)15)17-11-13-7-4-3-6(12)5-8(7)16-11/h3-5,9H,2,12H2,1H3,(H,14,15). The number of benzene rings is 1. The molecule has 1 aromatic carbocycles. The fourth-order valence-electron chi connectivity index (χ4n) is 1.40. The van der Waals surface area contributed by atoms with Crippen molar-refractivity contribution in [1.29, 1.82) is 0 Å². The first kappa shape index (κ1) is 11.8. The number of nitrogen functional groups attached to an aromatic ring is 1. The number of thioether (sulfide) groups is 1. The summed E-state index contributed by atoms with van der Waals surface area (Å²) in [5.41, 5.74) is 7.47. The number of fused-ring (bicyclic) bond motifs is 1. The molecule has 1 unspecified atom stereocenters. The molecule has 0 aliphatic heterocycles. The first-order valence-electron chi connectivity index (χ1n) is 5.15. The second-order valence-electron chi connectivity index (χ2n) is 3.56. The molecule has 0 aliphatic carbocycles. The minimum atomic E-state index is -0.862. The van der Waals surface area contributed by atoms with Gasteiger partial charge in [0.05, 0.1) is 0 Å². The zero-order valence-corrected chi connectivity index (χ0v) is 10.0. The largest absolute Gasteiger partial charge is 0.480 e. The molecule has 3 N–H and O–H groups in total. The summed E-state index contributed by atoms with van der Waals surface area (Å²) >= 11 is 1.11. The molecule has 0 saturated carbocycles. The Morgan fingerprint density at radius 3 is 3.06 bits per heavy atom. The van der Waals surface area contributed by atoms with E-state index < -0.39 is 11.2 Å². The van der Waals surface area contributed by atoms with Gasteiger partial charge in [0.15, 0.2) is 5.58 Å². The average molecular weight is 252 g/mol. The minimum absolute atomic E-state index is 0.361. The maximum Gasteiger partial charge on any atom is 0.317 e. The van der Waals surface area contributed by atoms with E-state index in [0.717, 1.165) is 11.8 Å². The normalized spacial score (nSPS) is 12.8. The van der Waals surface area contributed by atoms with Crippen LogP contribution in [0.5, 0.6) is 0 Å². The number of nitrogens with two attached hydrogens (primary N) is 1. The van der Waals surface area contributed by atoms with Gasteiger partial charge in [-0.3, -0.25) is 4.79 Å². The summed E-state index contributed by atoms with van der Waals surface area (Å²) < 4.78 is 5.44. The number of nitrogens with zero attached hydrogens (tertiary/aromatic N) is 1. The van der Waals surface area contributed by atoms with Crippen molar-refractivity contribution in [2.45, 2.75) is 23.8 Å². The lowest BCUT2D eigenvalue weighted by atomic mass is 10.3. The molecule has 0 aliphatic rings. The van der Waals surface area contributed by atoms with Crippen molar-refractivity contribution in [3.63, 3.8) is 0 Å². The van der Waals surface area contributed by atoms with E-state index in [1.54, 1.807) is 18.2 Å². The zero-order chi connectivity index (χ0) is 12.4. The van der Waals surface area contributed by atoms with E-state index in [0.29, 0.717) is 28.4 Å². The van der Waals surface area contributed by atoms with Crippen LogP contribution in [0.3, 0.4) is 0 Å². The predicted molar refractivity (Wildman–Crippen MR) is 66.0 cm³/mol. The summed E-state index contributed by atoms with van der Waals surface area (Å²) in [6, 6.07) is 5.15. The maximum atomic E-state index is 10.9. The van der Waals surface area contributed by atoms with E-state index in [1.807, 2.05) is 6.92 Å². The molecule has 0 amide bonds. The van der Waals surface area contributed by atoms with Crippen LogP contribution < -0.4 is 5.73 Å². The van der Waals surface area contributed by atoms with Crippen LogP contribution in [-0.4, -0.2) is 21.3 Å². The third-order valence-electron chi connectivity index (χ3n) is 2.28. The molecule has 5 nitrogen and oxygen atoms in total. The summed E-state index contributed by atoms with van der Waals surface area (Å²) in [6.45, 7) is 1.81.